The zero-order chi connectivity index (χ0) is 13.9. The van der Waals surface area contributed by atoms with Crippen molar-refractivity contribution in [1.82, 2.24) is 4.90 Å². The summed E-state index contributed by atoms with van der Waals surface area (Å²) >= 11 is 0. The van der Waals surface area contributed by atoms with Gasteiger partial charge in [0.15, 0.2) is 11.6 Å². The van der Waals surface area contributed by atoms with Crippen LogP contribution >= 0.6 is 0 Å². The van der Waals surface area contributed by atoms with Gasteiger partial charge in [-0.3, -0.25) is 0 Å². The van der Waals surface area contributed by atoms with Crippen molar-refractivity contribution in [3.05, 3.63) is 29.8 Å². The first kappa shape index (κ1) is 14.2. The van der Waals surface area contributed by atoms with E-state index in [0.717, 1.165) is 32.0 Å². The quantitative estimate of drug-likeness (QED) is 0.839. The lowest BCUT2D eigenvalue weighted by atomic mass is 9.92. The van der Waals surface area contributed by atoms with Gasteiger partial charge >= 0.3 is 0 Å². The maximum absolute atomic E-state index is 13.7. The van der Waals surface area contributed by atoms with E-state index in [4.69, 9.17) is 9.47 Å². The second kappa shape index (κ2) is 5.84. The highest BCUT2D eigenvalue weighted by molar-refractivity contribution is 5.25. The minimum atomic E-state index is -0.672. The van der Waals surface area contributed by atoms with E-state index < -0.39 is 17.2 Å². The SMILES string of the molecule is COCC1(Oc2ccc(F)cc2F)CCN(C)CC1. The summed E-state index contributed by atoms with van der Waals surface area (Å²) in [7, 11) is 3.64. The van der Waals surface area contributed by atoms with Gasteiger partial charge in [0.1, 0.15) is 11.4 Å². The molecule has 1 fully saturated rings. The van der Waals surface area contributed by atoms with Crippen molar-refractivity contribution in [2.24, 2.45) is 0 Å². The highest BCUT2D eigenvalue weighted by Gasteiger charge is 2.36. The van der Waals surface area contributed by atoms with Crippen LogP contribution in [0.1, 0.15) is 12.8 Å². The number of hydrogen-bond acceptors (Lipinski definition) is 3. The number of nitrogens with zero attached hydrogens (tertiary/aromatic N) is 1. The van der Waals surface area contributed by atoms with Crippen LogP contribution < -0.4 is 4.74 Å². The first-order chi connectivity index (χ1) is 9.04. The number of rotatable bonds is 4. The summed E-state index contributed by atoms with van der Waals surface area (Å²) in [6.45, 7) is 2.13. The van der Waals surface area contributed by atoms with Crippen LogP contribution in [0.3, 0.4) is 0 Å². The van der Waals surface area contributed by atoms with Crippen molar-refractivity contribution in [2.75, 3.05) is 33.9 Å². The number of likely N-dealkylation sites (tertiary alicyclic amines) is 1. The Bertz CT molecular complexity index is 431. The van der Waals surface area contributed by atoms with Crippen LogP contribution in [0.4, 0.5) is 8.78 Å². The molecular formula is C14H19F2NO2. The second-order valence-corrected chi connectivity index (χ2v) is 5.10. The van der Waals surface area contributed by atoms with Crippen molar-refractivity contribution in [2.45, 2.75) is 18.4 Å². The standard InChI is InChI=1S/C14H19F2NO2/c1-17-7-5-14(6-8-17,10-18-2)19-13-4-3-11(15)9-12(13)16/h3-4,9H,5-8,10H2,1-2H3. The smallest absolute Gasteiger partial charge is 0.168 e. The Morgan fingerprint density at radius 2 is 1.95 bits per heavy atom. The van der Waals surface area contributed by atoms with Gasteiger partial charge in [0, 0.05) is 39.1 Å². The zero-order valence-electron chi connectivity index (χ0n) is 11.3. The lowest BCUT2D eigenvalue weighted by molar-refractivity contribution is -0.0501. The molecule has 0 aliphatic carbocycles. The van der Waals surface area contributed by atoms with E-state index in [9.17, 15) is 8.78 Å². The number of ether oxygens (including phenoxy) is 2. The lowest BCUT2D eigenvalue weighted by Crippen LogP contribution is -2.50. The zero-order valence-corrected chi connectivity index (χ0v) is 11.3. The van der Waals surface area contributed by atoms with E-state index >= 15 is 0 Å². The Morgan fingerprint density at radius 3 is 2.53 bits per heavy atom. The predicted octanol–water partition coefficient (Wildman–Crippen LogP) is 2.45. The fourth-order valence-electron chi connectivity index (χ4n) is 2.36. The van der Waals surface area contributed by atoms with Gasteiger partial charge in [-0.2, -0.15) is 0 Å². The molecule has 0 amide bonds. The van der Waals surface area contributed by atoms with Gasteiger partial charge in [0.2, 0.25) is 0 Å². The molecule has 5 heteroatoms. The molecule has 0 atom stereocenters. The molecule has 1 aromatic rings. The molecule has 0 aromatic heterocycles. The maximum atomic E-state index is 13.7. The van der Waals surface area contributed by atoms with Crippen LogP contribution in [0, 0.1) is 11.6 Å². The van der Waals surface area contributed by atoms with E-state index in [0.29, 0.717) is 6.61 Å². The van der Waals surface area contributed by atoms with Gasteiger partial charge in [-0.1, -0.05) is 0 Å². The van der Waals surface area contributed by atoms with Crippen LogP contribution in [0.2, 0.25) is 0 Å². The van der Waals surface area contributed by atoms with E-state index in [1.807, 2.05) is 7.05 Å². The van der Waals surface area contributed by atoms with Crippen molar-refractivity contribution in [3.8, 4) is 5.75 Å². The van der Waals surface area contributed by atoms with Crippen molar-refractivity contribution in [3.63, 3.8) is 0 Å². The first-order valence-corrected chi connectivity index (χ1v) is 6.36. The molecule has 0 saturated carbocycles. The molecular weight excluding hydrogens is 252 g/mol. The molecule has 1 aliphatic rings. The lowest BCUT2D eigenvalue weighted by Gasteiger charge is -2.40. The minimum Gasteiger partial charge on any atom is -0.482 e. The largest absolute Gasteiger partial charge is 0.482 e. The van der Waals surface area contributed by atoms with Gasteiger partial charge in [0.05, 0.1) is 6.61 Å². The van der Waals surface area contributed by atoms with Crippen LogP contribution in [0.25, 0.3) is 0 Å². The summed E-state index contributed by atoms with van der Waals surface area (Å²) in [5.74, 6) is -1.19. The Hall–Kier alpha value is -1.20. The van der Waals surface area contributed by atoms with Crippen LogP contribution in [0.5, 0.6) is 5.75 Å². The fraction of sp³-hybridized carbons (Fsp3) is 0.571. The molecule has 0 spiro atoms. The summed E-state index contributed by atoms with van der Waals surface area (Å²) in [5.41, 5.74) is -0.528. The average molecular weight is 271 g/mol. The molecule has 0 unspecified atom stereocenters. The molecule has 3 nitrogen and oxygen atoms in total. The molecule has 19 heavy (non-hydrogen) atoms. The minimum absolute atomic E-state index is 0.0861. The summed E-state index contributed by atoms with van der Waals surface area (Å²) in [4.78, 5) is 2.19. The molecule has 1 saturated heterocycles. The van der Waals surface area contributed by atoms with Gasteiger partial charge < -0.3 is 14.4 Å². The molecule has 2 rings (SSSR count). The monoisotopic (exact) mass is 271 g/mol. The number of piperidine rings is 1. The van der Waals surface area contributed by atoms with Gasteiger partial charge in [-0.25, -0.2) is 8.78 Å². The Morgan fingerprint density at radius 1 is 1.26 bits per heavy atom. The van der Waals surface area contributed by atoms with E-state index in [1.54, 1.807) is 7.11 Å². The first-order valence-electron chi connectivity index (χ1n) is 6.36. The highest BCUT2D eigenvalue weighted by Crippen LogP contribution is 2.30. The molecule has 0 N–H and O–H groups in total. The Labute approximate surface area is 112 Å². The summed E-state index contributed by atoms with van der Waals surface area (Å²) in [5, 5.41) is 0. The summed E-state index contributed by atoms with van der Waals surface area (Å²) in [6.07, 6.45) is 1.52. The third-order valence-corrected chi connectivity index (χ3v) is 3.53. The predicted molar refractivity (Wildman–Crippen MR) is 68.3 cm³/mol. The fourth-order valence-corrected chi connectivity index (χ4v) is 2.36. The maximum Gasteiger partial charge on any atom is 0.168 e. The molecule has 106 valence electrons. The highest BCUT2D eigenvalue weighted by atomic mass is 19.1. The van der Waals surface area contributed by atoms with E-state index in [-0.39, 0.29) is 5.75 Å². The van der Waals surface area contributed by atoms with Gasteiger partial charge in [-0.05, 0) is 19.2 Å². The third kappa shape index (κ3) is 3.42. The molecule has 0 bridgehead atoms. The Kier molecular flexibility index (Phi) is 4.37. The molecule has 1 heterocycles. The third-order valence-electron chi connectivity index (χ3n) is 3.53. The van der Waals surface area contributed by atoms with Crippen molar-refractivity contribution in [1.29, 1.82) is 0 Å². The number of halogens is 2. The van der Waals surface area contributed by atoms with Crippen molar-refractivity contribution >= 4 is 0 Å². The normalized spacial score (nSPS) is 19.4. The summed E-state index contributed by atoms with van der Waals surface area (Å²) in [6, 6.07) is 3.37. The van der Waals surface area contributed by atoms with Crippen LogP contribution in [0.15, 0.2) is 18.2 Å². The Balaban J connectivity index is 2.16. The van der Waals surface area contributed by atoms with Crippen molar-refractivity contribution < 1.29 is 18.3 Å². The topological polar surface area (TPSA) is 21.7 Å². The number of methoxy groups -OCH3 is 1. The number of hydrogen-bond donors (Lipinski definition) is 0. The van der Waals surface area contributed by atoms with E-state index in [1.165, 1.54) is 12.1 Å². The number of benzene rings is 1. The summed E-state index contributed by atoms with van der Waals surface area (Å²) < 4.78 is 37.6. The van der Waals surface area contributed by atoms with Crippen LogP contribution in [-0.2, 0) is 4.74 Å². The molecule has 1 aliphatic heterocycles. The molecule has 0 radical (unpaired) electrons. The van der Waals surface area contributed by atoms with Crippen LogP contribution in [-0.4, -0.2) is 44.4 Å². The second-order valence-electron chi connectivity index (χ2n) is 5.10. The van der Waals surface area contributed by atoms with E-state index in [2.05, 4.69) is 4.90 Å². The van der Waals surface area contributed by atoms with Gasteiger partial charge in [-0.15, -0.1) is 0 Å². The molecule has 1 aromatic carbocycles. The average Bonchev–Trinajstić information content (AvgIpc) is 2.37. The van der Waals surface area contributed by atoms with Gasteiger partial charge in [0.25, 0.3) is 0 Å².